The molecule has 2 N–H and O–H groups in total. The quantitative estimate of drug-likeness (QED) is 0.931. The molecule has 104 valence electrons. The number of ether oxygens (including phenoxy) is 2. The van der Waals surface area contributed by atoms with Gasteiger partial charge < -0.3 is 15.2 Å². The lowest BCUT2D eigenvalue weighted by atomic mass is 9.94. The van der Waals surface area contributed by atoms with Crippen molar-refractivity contribution in [2.75, 3.05) is 7.11 Å². The number of hydrogen-bond acceptors (Lipinski definition) is 3. The average Bonchev–Trinajstić information content (AvgIpc) is 2.48. The van der Waals surface area contributed by atoms with Gasteiger partial charge in [-0.25, -0.2) is 0 Å². The maximum atomic E-state index is 6.28. The van der Waals surface area contributed by atoms with E-state index in [4.69, 9.17) is 15.2 Å². The van der Waals surface area contributed by atoms with Crippen LogP contribution in [0.3, 0.4) is 0 Å². The van der Waals surface area contributed by atoms with Crippen LogP contribution in [0.2, 0.25) is 0 Å². The molecule has 0 radical (unpaired) electrons. The molecule has 1 aliphatic rings. The standard InChI is InChI=1S/C17H19NO2/c1-19-13-7-8-17-15(10-13)16(18)11-14(20-17)9-12-5-3-2-4-6-12/h2-8,10,14,16H,9,11,18H2,1H3. The van der Waals surface area contributed by atoms with Crippen LogP contribution in [0.15, 0.2) is 48.5 Å². The van der Waals surface area contributed by atoms with Crippen molar-refractivity contribution in [3.63, 3.8) is 0 Å². The number of rotatable bonds is 3. The molecule has 0 aromatic heterocycles. The van der Waals surface area contributed by atoms with Gasteiger partial charge in [0, 0.05) is 24.4 Å². The Morgan fingerprint density at radius 1 is 1.20 bits per heavy atom. The fraction of sp³-hybridized carbons (Fsp3) is 0.294. The molecule has 2 atom stereocenters. The summed E-state index contributed by atoms with van der Waals surface area (Å²) >= 11 is 0. The van der Waals surface area contributed by atoms with Gasteiger partial charge in [0.25, 0.3) is 0 Å². The molecule has 2 aromatic carbocycles. The maximum absolute atomic E-state index is 6.28. The summed E-state index contributed by atoms with van der Waals surface area (Å²) in [5.41, 5.74) is 8.59. The van der Waals surface area contributed by atoms with Crippen molar-refractivity contribution in [2.24, 2.45) is 5.73 Å². The van der Waals surface area contributed by atoms with E-state index < -0.39 is 0 Å². The Labute approximate surface area is 119 Å². The third-order valence-corrected chi connectivity index (χ3v) is 3.73. The minimum atomic E-state index is 0.00237. The van der Waals surface area contributed by atoms with Gasteiger partial charge in [0.05, 0.1) is 7.11 Å². The van der Waals surface area contributed by atoms with E-state index in [1.807, 2.05) is 24.3 Å². The van der Waals surface area contributed by atoms with Crippen LogP contribution in [0.1, 0.15) is 23.6 Å². The summed E-state index contributed by atoms with van der Waals surface area (Å²) in [6.07, 6.45) is 1.85. The number of nitrogens with two attached hydrogens (primary N) is 1. The van der Waals surface area contributed by atoms with Crippen molar-refractivity contribution in [3.8, 4) is 11.5 Å². The second kappa shape index (κ2) is 5.55. The van der Waals surface area contributed by atoms with Gasteiger partial charge in [0.2, 0.25) is 0 Å². The molecule has 20 heavy (non-hydrogen) atoms. The summed E-state index contributed by atoms with van der Waals surface area (Å²) in [6.45, 7) is 0. The normalized spacial score (nSPS) is 20.9. The Hall–Kier alpha value is -2.00. The molecule has 2 unspecified atom stereocenters. The Bertz CT molecular complexity index is 583. The van der Waals surface area contributed by atoms with Gasteiger partial charge >= 0.3 is 0 Å². The second-order valence-electron chi connectivity index (χ2n) is 5.18. The van der Waals surface area contributed by atoms with Crippen molar-refractivity contribution in [1.82, 2.24) is 0 Å². The summed E-state index contributed by atoms with van der Waals surface area (Å²) in [5, 5.41) is 0. The molecule has 2 aromatic rings. The predicted molar refractivity (Wildman–Crippen MR) is 79.1 cm³/mol. The van der Waals surface area contributed by atoms with Crippen LogP contribution in [-0.4, -0.2) is 13.2 Å². The molecule has 3 nitrogen and oxygen atoms in total. The molecule has 0 spiro atoms. The highest BCUT2D eigenvalue weighted by atomic mass is 16.5. The molecular formula is C17H19NO2. The van der Waals surface area contributed by atoms with Crippen molar-refractivity contribution < 1.29 is 9.47 Å². The zero-order chi connectivity index (χ0) is 13.9. The average molecular weight is 269 g/mol. The molecule has 0 fully saturated rings. The van der Waals surface area contributed by atoms with E-state index in [9.17, 15) is 0 Å². The first-order valence-electron chi connectivity index (χ1n) is 6.90. The summed E-state index contributed by atoms with van der Waals surface area (Å²) in [5.74, 6) is 1.70. The highest BCUT2D eigenvalue weighted by molar-refractivity contribution is 5.43. The van der Waals surface area contributed by atoms with Crippen LogP contribution in [0, 0.1) is 0 Å². The Kier molecular flexibility index (Phi) is 3.61. The molecule has 0 saturated heterocycles. The van der Waals surface area contributed by atoms with E-state index in [-0.39, 0.29) is 12.1 Å². The van der Waals surface area contributed by atoms with Crippen molar-refractivity contribution in [3.05, 3.63) is 59.7 Å². The summed E-state index contributed by atoms with van der Waals surface area (Å²) < 4.78 is 11.3. The number of methoxy groups -OCH3 is 1. The van der Waals surface area contributed by atoms with Gasteiger partial charge in [0.1, 0.15) is 17.6 Å². The topological polar surface area (TPSA) is 44.5 Å². The van der Waals surface area contributed by atoms with E-state index in [2.05, 4.69) is 24.3 Å². The number of fused-ring (bicyclic) bond motifs is 1. The molecule has 0 bridgehead atoms. The van der Waals surface area contributed by atoms with Crippen LogP contribution in [0.25, 0.3) is 0 Å². The number of hydrogen-bond donors (Lipinski definition) is 1. The van der Waals surface area contributed by atoms with E-state index >= 15 is 0 Å². The summed E-state index contributed by atoms with van der Waals surface area (Å²) in [6, 6.07) is 16.2. The lowest BCUT2D eigenvalue weighted by Crippen LogP contribution is -2.31. The van der Waals surface area contributed by atoms with Gasteiger partial charge in [0.15, 0.2) is 0 Å². The van der Waals surface area contributed by atoms with Crippen LogP contribution in [0.4, 0.5) is 0 Å². The van der Waals surface area contributed by atoms with Gasteiger partial charge in [-0.2, -0.15) is 0 Å². The van der Waals surface area contributed by atoms with Gasteiger partial charge in [-0.3, -0.25) is 0 Å². The van der Waals surface area contributed by atoms with E-state index in [0.717, 1.165) is 29.9 Å². The predicted octanol–water partition coefficient (Wildman–Crippen LogP) is 3.09. The zero-order valence-corrected chi connectivity index (χ0v) is 11.6. The molecule has 0 saturated carbocycles. The van der Waals surface area contributed by atoms with Crippen LogP contribution >= 0.6 is 0 Å². The highest BCUT2D eigenvalue weighted by Crippen LogP contribution is 2.36. The first-order valence-corrected chi connectivity index (χ1v) is 6.90. The molecule has 1 aliphatic heterocycles. The molecule has 3 heteroatoms. The van der Waals surface area contributed by atoms with Crippen molar-refractivity contribution in [1.29, 1.82) is 0 Å². The smallest absolute Gasteiger partial charge is 0.124 e. The SMILES string of the molecule is COc1ccc2c(c1)C(N)CC(Cc1ccccc1)O2. The second-order valence-corrected chi connectivity index (χ2v) is 5.18. The summed E-state index contributed by atoms with van der Waals surface area (Å²) in [7, 11) is 1.66. The lowest BCUT2D eigenvalue weighted by Gasteiger charge is -2.30. The van der Waals surface area contributed by atoms with Crippen LogP contribution < -0.4 is 15.2 Å². The fourth-order valence-corrected chi connectivity index (χ4v) is 2.69. The molecule has 0 amide bonds. The first kappa shape index (κ1) is 13.0. The minimum Gasteiger partial charge on any atom is -0.497 e. The van der Waals surface area contributed by atoms with E-state index in [1.165, 1.54) is 5.56 Å². The van der Waals surface area contributed by atoms with Gasteiger partial charge in [-0.15, -0.1) is 0 Å². The first-order chi connectivity index (χ1) is 9.76. The maximum Gasteiger partial charge on any atom is 0.124 e. The van der Waals surface area contributed by atoms with E-state index in [0.29, 0.717) is 0 Å². The van der Waals surface area contributed by atoms with Crippen LogP contribution in [-0.2, 0) is 6.42 Å². The lowest BCUT2D eigenvalue weighted by molar-refractivity contribution is 0.159. The largest absolute Gasteiger partial charge is 0.497 e. The number of benzene rings is 2. The van der Waals surface area contributed by atoms with Crippen molar-refractivity contribution >= 4 is 0 Å². The Balaban J connectivity index is 1.79. The molecule has 3 rings (SSSR count). The Morgan fingerprint density at radius 3 is 2.75 bits per heavy atom. The Morgan fingerprint density at radius 2 is 2.00 bits per heavy atom. The highest BCUT2D eigenvalue weighted by Gasteiger charge is 2.26. The third-order valence-electron chi connectivity index (χ3n) is 3.73. The minimum absolute atomic E-state index is 0.00237. The zero-order valence-electron chi connectivity index (χ0n) is 11.6. The monoisotopic (exact) mass is 269 g/mol. The summed E-state index contributed by atoms with van der Waals surface area (Å²) in [4.78, 5) is 0. The van der Waals surface area contributed by atoms with Gasteiger partial charge in [-0.1, -0.05) is 30.3 Å². The van der Waals surface area contributed by atoms with Gasteiger partial charge in [-0.05, 0) is 23.8 Å². The van der Waals surface area contributed by atoms with Crippen LogP contribution in [0.5, 0.6) is 11.5 Å². The fourth-order valence-electron chi connectivity index (χ4n) is 2.69. The van der Waals surface area contributed by atoms with Crippen molar-refractivity contribution in [2.45, 2.75) is 25.0 Å². The third kappa shape index (κ3) is 2.63. The molecule has 0 aliphatic carbocycles. The van der Waals surface area contributed by atoms with E-state index in [1.54, 1.807) is 7.11 Å². The molecular weight excluding hydrogens is 250 g/mol. The molecule has 1 heterocycles.